The lowest BCUT2D eigenvalue weighted by atomic mass is 9.79. The molecule has 7 atom stereocenters. The second kappa shape index (κ2) is 8.19. The van der Waals surface area contributed by atoms with E-state index in [1.807, 2.05) is 6.92 Å². The molecule has 0 aromatic rings. The Hall–Kier alpha value is -1.13. The first-order valence-electron chi connectivity index (χ1n) is 10.5. The molecular weight excluding hydrogens is 394 g/mol. The number of carbonyl (C=O) groups is 2. The number of aliphatic carboxylic acids is 1. The number of hydrogen-bond donors (Lipinski definition) is 4. The Morgan fingerprint density at radius 3 is 2.83 bits per heavy atom. The molecule has 0 aromatic carbocycles. The van der Waals surface area contributed by atoms with Crippen LogP contribution in [-0.4, -0.2) is 93.2 Å². The first-order chi connectivity index (χ1) is 13.8. The van der Waals surface area contributed by atoms with E-state index in [1.54, 1.807) is 18.7 Å². The number of thioether (sulfide) groups is 1. The third-order valence-corrected chi connectivity index (χ3v) is 8.53. The van der Waals surface area contributed by atoms with Gasteiger partial charge in [-0.1, -0.05) is 6.92 Å². The Bertz CT molecular complexity index is 714. The average molecular weight is 426 g/mol. The van der Waals surface area contributed by atoms with Gasteiger partial charge in [-0.3, -0.25) is 4.79 Å². The average Bonchev–Trinajstić information content (AvgIpc) is 3.34. The first-order valence-corrected chi connectivity index (χ1v) is 11.4. The van der Waals surface area contributed by atoms with Gasteiger partial charge >= 0.3 is 5.97 Å². The molecule has 8 nitrogen and oxygen atoms in total. The number of amides is 1. The summed E-state index contributed by atoms with van der Waals surface area (Å²) < 4.78 is 0. The number of carboxylic acids is 1. The van der Waals surface area contributed by atoms with Crippen molar-refractivity contribution in [3.8, 4) is 0 Å². The van der Waals surface area contributed by atoms with Crippen molar-refractivity contribution in [2.45, 2.75) is 50.1 Å². The molecule has 9 heteroatoms. The third kappa shape index (κ3) is 3.61. The number of nitrogens with one attached hydrogen (secondary N) is 1. The number of fused-ring (bicyclic) bond motifs is 1. The number of carbonyl (C=O) groups excluding carboxylic acids is 1. The van der Waals surface area contributed by atoms with E-state index in [0.29, 0.717) is 12.0 Å². The van der Waals surface area contributed by atoms with Gasteiger partial charge in [-0.15, -0.1) is 11.8 Å². The van der Waals surface area contributed by atoms with Gasteiger partial charge in [0.2, 0.25) is 5.91 Å². The molecule has 4 rings (SSSR count). The molecule has 162 valence electrons. The maximum absolute atomic E-state index is 12.5. The van der Waals surface area contributed by atoms with Gasteiger partial charge in [0.05, 0.1) is 24.7 Å². The normalized spacial score (nSPS) is 38.5. The Morgan fingerprint density at radius 1 is 1.41 bits per heavy atom. The molecule has 3 fully saturated rings. The molecule has 4 heterocycles. The molecule has 1 amide bonds. The summed E-state index contributed by atoms with van der Waals surface area (Å²) in [6, 6.07) is 0.161. The van der Waals surface area contributed by atoms with Crippen molar-refractivity contribution in [1.82, 2.24) is 15.1 Å². The highest BCUT2D eigenvalue weighted by molar-refractivity contribution is 8.03. The van der Waals surface area contributed by atoms with Gasteiger partial charge in [0.15, 0.2) is 0 Å². The van der Waals surface area contributed by atoms with E-state index in [2.05, 4.69) is 10.2 Å². The minimum Gasteiger partial charge on any atom is -0.477 e. The van der Waals surface area contributed by atoms with Gasteiger partial charge in [0, 0.05) is 41.7 Å². The highest BCUT2D eigenvalue weighted by Crippen LogP contribution is 2.52. The van der Waals surface area contributed by atoms with Crippen LogP contribution in [0.15, 0.2) is 10.6 Å². The number of likely N-dealkylation sites (tertiary alicyclic amines) is 1. The predicted octanol–water partition coefficient (Wildman–Crippen LogP) is -0.0820. The van der Waals surface area contributed by atoms with E-state index < -0.39 is 18.0 Å². The molecule has 29 heavy (non-hydrogen) atoms. The van der Waals surface area contributed by atoms with Gasteiger partial charge < -0.3 is 30.4 Å². The second-order valence-corrected chi connectivity index (χ2v) is 10.2. The fourth-order valence-corrected chi connectivity index (χ4v) is 7.07. The maximum Gasteiger partial charge on any atom is 0.353 e. The molecule has 3 saturated heterocycles. The fraction of sp³-hybridized carbons (Fsp3) is 0.800. The topological polar surface area (TPSA) is 113 Å². The Balaban J connectivity index is 1.43. The van der Waals surface area contributed by atoms with Crippen molar-refractivity contribution in [3.63, 3.8) is 0 Å². The summed E-state index contributed by atoms with van der Waals surface area (Å²) in [6.45, 7) is 7.34. The van der Waals surface area contributed by atoms with Crippen LogP contribution >= 0.6 is 11.8 Å². The summed E-state index contributed by atoms with van der Waals surface area (Å²) in [5.41, 5.74) is 0.118. The number of rotatable bonds is 7. The molecule has 4 aliphatic rings. The Labute approximate surface area is 175 Å². The lowest BCUT2D eigenvalue weighted by Crippen LogP contribution is -2.63. The highest BCUT2D eigenvalue weighted by atomic mass is 32.2. The van der Waals surface area contributed by atoms with E-state index in [4.69, 9.17) is 5.11 Å². The van der Waals surface area contributed by atoms with Crippen molar-refractivity contribution in [2.75, 3.05) is 32.8 Å². The van der Waals surface area contributed by atoms with Gasteiger partial charge in [-0.2, -0.15) is 0 Å². The SMILES string of the molecule is C[C@@H](O)[C@H]1C(=O)N2C(C(=O)O)=C(S[C@@H]3CN[C@H](C4CCN(CCO)C4)C3)[C@H](C)[C@H]12. The molecule has 0 radical (unpaired) electrons. The lowest BCUT2D eigenvalue weighted by molar-refractivity contribution is -0.163. The van der Waals surface area contributed by atoms with E-state index in [9.17, 15) is 19.8 Å². The minimum absolute atomic E-state index is 0.0750. The number of hydrogen-bond acceptors (Lipinski definition) is 7. The molecule has 0 saturated carbocycles. The summed E-state index contributed by atoms with van der Waals surface area (Å²) in [4.78, 5) is 28.9. The van der Waals surface area contributed by atoms with Crippen LogP contribution < -0.4 is 5.32 Å². The number of nitrogens with zero attached hydrogens (tertiary/aromatic N) is 2. The van der Waals surface area contributed by atoms with E-state index >= 15 is 0 Å². The molecular formula is C20H31N3O5S. The molecule has 0 bridgehead atoms. The quantitative estimate of drug-likeness (QED) is 0.419. The van der Waals surface area contributed by atoms with Crippen LogP contribution in [0.25, 0.3) is 0 Å². The number of β-lactam (4-membered cyclic amide) rings is 1. The van der Waals surface area contributed by atoms with Crippen LogP contribution in [0.2, 0.25) is 0 Å². The molecule has 4 aliphatic heterocycles. The van der Waals surface area contributed by atoms with Gasteiger partial charge in [0.25, 0.3) is 0 Å². The van der Waals surface area contributed by atoms with Crippen LogP contribution in [0.5, 0.6) is 0 Å². The van der Waals surface area contributed by atoms with Crippen molar-refractivity contribution in [3.05, 3.63) is 10.6 Å². The van der Waals surface area contributed by atoms with Crippen molar-refractivity contribution < 1.29 is 24.9 Å². The fourth-order valence-electron chi connectivity index (χ4n) is 5.58. The van der Waals surface area contributed by atoms with Crippen LogP contribution in [0.3, 0.4) is 0 Å². The Morgan fingerprint density at radius 2 is 2.17 bits per heavy atom. The van der Waals surface area contributed by atoms with Crippen molar-refractivity contribution >= 4 is 23.6 Å². The third-order valence-electron chi connectivity index (χ3n) is 7.02. The van der Waals surface area contributed by atoms with Gasteiger partial charge in [0.1, 0.15) is 5.70 Å². The predicted molar refractivity (Wildman–Crippen MR) is 109 cm³/mol. The number of aliphatic hydroxyl groups is 2. The number of β-amino-alcohol motifs (C(OH)–C–C–N with tert-alkyl or cyclic N) is 1. The lowest BCUT2D eigenvalue weighted by Gasteiger charge is -2.46. The number of aliphatic hydroxyl groups excluding tert-OH is 2. The second-order valence-electron chi connectivity index (χ2n) is 8.84. The van der Waals surface area contributed by atoms with Crippen LogP contribution in [0.4, 0.5) is 0 Å². The van der Waals surface area contributed by atoms with Gasteiger partial charge in [-0.05, 0) is 32.2 Å². The highest BCUT2D eigenvalue weighted by Gasteiger charge is 2.60. The summed E-state index contributed by atoms with van der Waals surface area (Å²) in [6.07, 6.45) is 1.33. The van der Waals surface area contributed by atoms with Crippen LogP contribution in [-0.2, 0) is 9.59 Å². The van der Waals surface area contributed by atoms with E-state index in [1.165, 1.54) is 4.90 Å². The first kappa shape index (κ1) is 21.1. The zero-order chi connectivity index (χ0) is 20.9. The number of carboxylic acid groups (broad SMARTS) is 1. The zero-order valence-electron chi connectivity index (χ0n) is 17.0. The standard InChI is InChI=1S/C20H31N3O5S/c1-10-16-15(11(2)25)19(26)23(16)17(20(27)28)18(10)29-13-7-14(21-8-13)12-3-4-22(9-12)5-6-24/h10-16,21,24-25H,3-9H2,1-2H3,(H,27,28)/t10-,11-,12?,13+,14+,15-,16-/m1/s1. The van der Waals surface area contributed by atoms with E-state index in [0.717, 1.165) is 43.9 Å². The molecule has 4 N–H and O–H groups in total. The molecule has 0 spiro atoms. The summed E-state index contributed by atoms with van der Waals surface area (Å²) >= 11 is 1.60. The van der Waals surface area contributed by atoms with E-state index in [-0.39, 0.29) is 35.4 Å². The van der Waals surface area contributed by atoms with Crippen molar-refractivity contribution in [2.24, 2.45) is 17.8 Å². The molecule has 0 aliphatic carbocycles. The maximum atomic E-state index is 12.5. The molecule has 1 unspecified atom stereocenters. The van der Waals surface area contributed by atoms with Gasteiger partial charge in [-0.25, -0.2) is 4.79 Å². The largest absolute Gasteiger partial charge is 0.477 e. The smallest absolute Gasteiger partial charge is 0.353 e. The van der Waals surface area contributed by atoms with Crippen LogP contribution in [0, 0.1) is 17.8 Å². The van der Waals surface area contributed by atoms with Crippen LogP contribution in [0.1, 0.15) is 26.7 Å². The molecule has 0 aromatic heterocycles. The Kier molecular flexibility index (Phi) is 5.96. The summed E-state index contributed by atoms with van der Waals surface area (Å²) in [5, 5.41) is 32.8. The zero-order valence-corrected chi connectivity index (χ0v) is 17.8. The monoisotopic (exact) mass is 425 g/mol. The van der Waals surface area contributed by atoms with Crippen molar-refractivity contribution in [1.29, 1.82) is 0 Å². The summed E-state index contributed by atoms with van der Waals surface area (Å²) in [5.74, 6) is -1.36. The minimum atomic E-state index is -1.06. The summed E-state index contributed by atoms with van der Waals surface area (Å²) in [7, 11) is 0.